The number of nitrogens with two attached hydrogens (primary N) is 1. The Morgan fingerprint density at radius 1 is 1.10 bits per heavy atom. The van der Waals surface area contributed by atoms with Crippen molar-refractivity contribution in [2.24, 2.45) is 17.6 Å². The van der Waals surface area contributed by atoms with Crippen LogP contribution in [0.3, 0.4) is 0 Å². The van der Waals surface area contributed by atoms with Gasteiger partial charge in [0.15, 0.2) is 11.5 Å². The van der Waals surface area contributed by atoms with Crippen LogP contribution in [-0.2, 0) is 21.4 Å². The van der Waals surface area contributed by atoms with E-state index in [1.807, 2.05) is 62.5 Å². The average molecular weight is 590 g/mol. The van der Waals surface area contributed by atoms with E-state index in [0.717, 1.165) is 34.9 Å². The second-order valence-corrected chi connectivity index (χ2v) is 11.4. The van der Waals surface area contributed by atoms with Crippen LogP contribution in [0.5, 0.6) is 11.5 Å². The number of nitrogens with one attached hydrogen (secondary N) is 2. The van der Waals surface area contributed by atoms with Gasteiger partial charge in [0.1, 0.15) is 0 Å². The summed E-state index contributed by atoms with van der Waals surface area (Å²) in [6.07, 6.45) is 3.22. The zero-order chi connectivity index (χ0) is 29.3. The van der Waals surface area contributed by atoms with E-state index >= 15 is 0 Å². The molecule has 5 N–H and O–H groups in total. The SMILES string of the molecule is COCCCOc1cc(C[C@@H](C[C@H](N)[C@@H](O)CNC(=O)C(C)(C)c2c[nH]c3ccccc23)C(C)C)ccc1OC.Cl. The van der Waals surface area contributed by atoms with Crippen LogP contribution in [0.25, 0.3) is 10.9 Å². The zero-order valence-corrected chi connectivity index (χ0v) is 26.1. The lowest BCUT2D eigenvalue weighted by Crippen LogP contribution is -2.48. The lowest BCUT2D eigenvalue weighted by atomic mass is 9.82. The summed E-state index contributed by atoms with van der Waals surface area (Å²) in [6.45, 7) is 9.40. The number of carbonyl (C=O) groups excluding carboxylic acids is 1. The fourth-order valence-corrected chi connectivity index (χ4v) is 5.03. The number of rotatable bonds is 16. The third-order valence-corrected chi connectivity index (χ3v) is 7.79. The van der Waals surface area contributed by atoms with Gasteiger partial charge in [-0.25, -0.2) is 0 Å². The molecule has 0 aliphatic heterocycles. The molecular formula is C32H48ClN3O5. The Labute approximate surface area is 250 Å². The summed E-state index contributed by atoms with van der Waals surface area (Å²) in [7, 11) is 3.31. The van der Waals surface area contributed by atoms with Gasteiger partial charge in [-0.2, -0.15) is 0 Å². The minimum absolute atomic E-state index is 0. The lowest BCUT2D eigenvalue weighted by Gasteiger charge is -2.29. The molecule has 2 aromatic carbocycles. The lowest BCUT2D eigenvalue weighted by molar-refractivity contribution is -0.126. The van der Waals surface area contributed by atoms with Crippen LogP contribution in [-0.4, -0.2) is 62.1 Å². The van der Waals surface area contributed by atoms with Gasteiger partial charge in [-0.05, 0) is 67.9 Å². The van der Waals surface area contributed by atoms with Crippen molar-refractivity contribution in [2.75, 3.05) is 34.0 Å². The Bertz CT molecular complexity index is 1230. The monoisotopic (exact) mass is 589 g/mol. The molecule has 0 saturated carbocycles. The van der Waals surface area contributed by atoms with Gasteiger partial charge >= 0.3 is 0 Å². The summed E-state index contributed by atoms with van der Waals surface area (Å²) in [4.78, 5) is 16.4. The molecule has 1 heterocycles. The number of H-pyrrole nitrogens is 1. The normalized spacial score (nSPS) is 13.9. The number of aliphatic hydroxyl groups excluding tert-OH is 1. The molecule has 0 saturated heterocycles. The van der Waals surface area contributed by atoms with Crippen LogP contribution < -0.4 is 20.5 Å². The summed E-state index contributed by atoms with van der Waals surface area (Å²) in [5, 5.41) is 14.8. The molecule has 0 fully saturated rings. The summed E-state index contributed by atoms with van der Waals surface area (Å²) < 4.78 is 16.5. The van der Waals surface area contributed by atoms with E-state index < -0.39 is 17.6 Å². The maximum Gasteiger partial charge on any atom is 0.230 e. The summed E-state index contributed by atoms with van der Waals surface area (Å²) >= 11 is 0. The van der Waals surface area contributed by atoms with Crippen LogP contribution >= 0.6 is 12.4 Å². The minimum atomic E-state index is -0.862. The topological polar surface area (TPSA) is 119 Å². The van der Waals surface area contributed by atoms with Crippen LogP contribution in [0, 0.1) is 11.8 Å². The van der Waals surface area contributed by atoms with Gasteiger partial charge in [0.25, 0.3) is 0 Å². The molecule has 0 spiro atoms. The van der Waals surface area contributed by atoms with Crippen molar-refractivity contribution in [3.8, 4) is 11.5 Å². The molecule has 0 radical (unpaired) electrons. The first-order chi connectivity index (χ1) is 19.1. The molecular weight excluding hydrogens is 542 g/mol. The first-order valence-corrected chi connectivity index (χ1v) is 14.2. The van der Waals surface area contributed by atoms with E-state index in [0.29, 0.717) is 37.1 Å². The van der Waals surface area contributed by atoms with Crippen molar-refractivity contribution in [2.45, 2.75) is 64.5 Å². The Morgan fingerprint density at radius 3 is 2.51 bits per heavy atom. The van der Waals surface area contributed by atoms with Gasteiger partial charge in [0.2, 0.25) is 5.91 Å². The molecule has 1 amide bonds. The first kappa shape index (κ1) is 34.4. The molecule has 9 heteroatoms. The van der Waals surface area contributed by atoms with E-state index in [4.69, 9.17) is 19.9 Å². The molecule has 1 aromatic heterocycles. The number of benzene rings is 2. The number of ether oxygens (including phenoxy) is 3. The largest absolute Gasteiger partial charge is 0.493 e. The van der Waals surface area contributed by atoms with Gasteiger partial charge < -0.3 is 35.4 Å². The number of hydrogen-bond acceptors (Lipinski definition) is 6. The molecule has 8 nitrogen and oxygen atoms in total. The van der Waals surface area contributed by atoms with Crippen LogP contribution in [0.1, 0.15) is 51.7 Å². The molecule has 0 aliphatic rings. The predicted molar refractivity (Wildman–Crippen MR) is 167 cm³/mol. The van der Waals surface area contributed by atoms with Crippen molar-refractivity contribution in [1.82, 2.24) is 10.3 Å². The number of amides is 1. The standard InChI is InChI=1S/C32H47N3O5.ClH/c1-21(2)23(16-22-12-13-29(39-6)30(17-22)40-15-9-14-38-5)18-26(33)28(36)20-35-31(37)32(3,4)25-19-34-27-11-8-7-10-24(25)27;/h7-8,10-13,17,19,21,23,26,28,34,36H,9,14-16,18,20,33H2,1-6H3,(H,35,37);1H/t23-,26-,28-;/m0./s1. The summed E-state index contributed by atoms with van der Waals surface area (Å²) in [6, 6.07) is 13.4. The number of aromatic nitrogens is 1. The van der Waals surface area contributed by atoms with E-state index in [2.05, 4.69) is 24.1 Å². The number of aromatic amines is 1. The molecule has 3 rings (SSSR count). The van der Waals surface area contributed by atoms with E-state index in [9.17, 15) is 9.90 Å². The number of carbonyl (C=O) groups is 1. The number of methoxy groups -OCH3 is 2. The van der Waals surface area contributed by atoms with Crippen LogP contribution in [0.4, 0.5) is 0 Å². The highest BCUT2D eigenvalue weighted by atomic mass is 35.5. The number of halogens is 1. The second kappa shape index (κ2) is 16.0. The minimum Gasteiger partial charge on any atom is -0.493 e. The second-order valence-electron chi connectivity index (χ2n) is 11.4. The third kappa shape index (κ3) is 9.10. The molecule has 3 aromatic rings. The maximum atomic E-state index is 13.2. The quantitative estimate of drug-likeness (QED) is 0.175. The van der Waals surface area contributed by atoms with Crippen molar-refractivity contribution < 1.29 is 24.1 Å². The van der Waals surface area contributed by atoms with E-state index in [1.165, 1.54) is 0 Å². The predicted octanol–water partition coefficient (Wildman–Crippen LogP) is 5.00. The fourth-order valence-electron chi connectivity index (χ4n) is 5.03. The Hall–Kier alpha value is -2.78. The molecule has 228 valence electrons. The molecule has 3 atom stereocenters. The van der Waals surface area contributed by atoms with Crippen LogP contribution in [0.15, 0.2) is 48.7 Å². The Balaban J connectivity index is 0.00000588. The number of para-hydroxylation sites is 1. The van der Waals surface area contributed by atoms with Gasteiger partial charge in [-0.15, -0.1) is 12.4 Å². The van der Waals surface area contributed by atoms with Crippen molar-refractivity contribution in [1.29, 1.82) is 0 Å². The highest BCUT2D eigenvalue weighted by Crippen LogP contribution is 2.32. The summed E-state index contributed by atoms with van der Waals surface area (Å²) in [5.41, 5.74) is 8.73. The molecule has 0 bridgehead atoms. The fraction of sp³-hybridized carbons (Fsp3) is 0.531. The average Bonchev–Trinajstić information content (AvgIpc) is 3.38. The van der Waals surface area contributed by atoms with Gasteiger partial charge in [-0.3, -0.25) is 4.79 Å². The smallest absolute Gasteiger partial charge is 0.230 e. The highest BCUT2D eigenvalue weighted by Gasteiger charge is 2.33. The summed E-state index contributed by atoms with van der Waals surface area (Å²) in [5.74, 6) is 1.84. The number of fused-ring (bicyclic) bond motifs is 1. The molecule has 41 heavy (non-hydrogen) atoms. The zero-order valence-electron chi connectivity index (χ0n) is 25.2. The first-order valence-electron chi connectivity index (χ1n) is 14.2. The van der Waals surface area contributed by atoms with Gasteiger partial charge in [-0.1, -0.05) is 38.1 Å². The highest BCUT2D eigenvalue weighted by molar-refractivity contribution is 5.94. The van der Waals surface area contributed by atoms with E-state index in [-0.39, 0.29) is 30.8 Å². The molecule has 0 unspecified atom stereocenters. The maximum absolute atomic E-state index is 13.2. The van der Waals surface area contributed by atoms with Gasteiger partial charge in [0.05, 0.1) is 25.2 Å². The number of aliphatic hydroxyl groups is 1. The van der Waals surface area contributed by atoms with Gasteiger partial charge in [0, 0.05) is 49.8 Å². The number of hydrogen-bond donors (Lipinski definition) is 4. The third-order valence-electron chi connectivity index (χ3n) is 7.79. The van der Waals surface area contributed by atoms with Crippen LogP contribution in [0.2, 0.25) is 0 Å². The molecule has 0 aliphatic carbocycles. The Kier molecular flexibility index (Phi) is 13.4. The van der Waals surface area contributed by atoms with Crippen molar-refractivity contribution >= 4 is 29.2 Å². The van der Waals surface area contributed by atoms with Crippen molar-refractivity contribution in [3.63, 3.8) is 0 Å². The van der Waals surface area contributed by atoms with Crippen molar-refractivity contribution in [3.05, 3.63) is 59.8 Å². The Morgan fingerprint density at radius 2 is 1.83 bits per heavy atom. The van der Waals surface area contributed by atoms with E-state index in [1.54, 1.807) is 14.2 Å².